The molecule has 82 valence electrons. The molecule has 0 atom stereocenters. The van der Waals surface area contributed by atoms with Crippen molar-refractivity contribution in [3.05, 3.63) is 11.1 Å². The highest BCUT2D eigenvalue weighted by Gasteiger charge is 2.28. The van der Waals surface area contributed by atoms with E-state index in [0.29, 0.717) is 5.41 Å². The summed E-state index contributed by atoms with van der Waals surface area (Å²) < 4.78 is 1.04. The zero-order chi connectivity index (χ0) is 10.6. The minimum atomic E-state index is 0.481. The first-order chi connectivity index (χ1) is 6.52. The zero-order valence-corrected chi connectivity index (χ0v) is 10.9. The molecule has 1 heterocycles. The highest BCUT2D eigenvalue weighted by atomic mass is 79.9. The van der Waals surface area contributed by atoms with Gasteiger partial charge in [0.15, 0.2) is 0 Å². The maximum Gasteiger partial charge on any atom is 0.0265 e. The molecule has 0 amide bonds. The second-order valence-corrected chi connectivity index (χ2v) is 5.86. The van der Waals surface area contributed by atoms with Gasteiger partial charge in [0.05, 0.1) is 0 Å². The third-order valence-electron chi connectivity index (χ3n) is 3.06. The molecule has 0 saturated carbocycles. The van der Waals surface area contributed by atoms with E-state index in [-0.39, 0.29) is 0 Å². The van der Waals surface area contributed by atoms with Crippen LogP contribution in [0.3, 0.4) is 0 Å². The Balaban J connectivity index is 2.25. The molecule has 1 rings (SSSR count). The molecule has 0 aromatic rings. The van der Waals surface area contributed by atoms with Gasteiger partial charge >= 0.3 is 0 Å². The predicted molar refractivity (Wildman–Crippen MR) is 65.8 cm³/mol. The van der Waals surface area contributed by atoms with Crippen LogP contribution >= 0.6 is 15.9 Å². The molecule has 0 aliphatic carbocycles. The number of hydrogen-bond acceptors (Lipinski definition) is 2. The Bertz CT molecular complexity index is 195. The average molecular weight is 261 g/mol. The smallest absolute Gasteiger partial charge is 0.0265 e. The summed E-state index contributed by atoms with van der Waals surface area (Å²) in [5.74, 6) is 0. The first-order valence-electron chi connectivity index (χ1n) is 5.24. The third-order valence-corrected chi connectivity index (χ3v) is 3.34. The highest BCUT2D eigenvalue weighted by molar-refractivity contribution is 9.11. The van der Waals surface area contributed by atoms with Crippen LogP contribution in [-0.4, -0.2) is 38.1 Å². The maximum absolute atomic E-state index is 3.82. The second-order valence-electron chi connectivity index (χ2n) is 4.73. The summed E-state index contributed by atoms with van der Waals surface area (Å²) >= 11 is 3.36. The lowest BCUT2D eigenvalue weighted by Gasteiger charge is -2.38. The Morgan fingerprint density at radius 3 is 2.57 bits per heavy atom. The molecular formula is C11H21BrN2. The van der Waals surface area contributed by atoms with Crippen molar-refractivity contribution < 1.29 is 0 Å². The molecule has 0 radical (unpaired) electrons. The van der Waals surface area contributed by atoms with Crippen LogP contribution in [0.25, 0.3) is 0 Å². The molecule has 0 aromatic carbocycles. The van der Waals surface area contributed by atoms with Crippen LogP contribution in [0, 0.1) is 5.41 Å². The van der Waals surface area contributed by atoms with Crippen LogP contribution in [0.4, 0.5) is 0 Å². The maximum atomic E-state index is 3.82. The van der Waals surface area contributed by atoms with E-state index in [2.05, 4.69) is 46.7 Å². The molecule has 14 heavy (non-hydrogen) atoms. The van der Waals surface area contributed by atoms with Gasteiger partial charge in [-0.1, -0.05) is 29.4 Å². The van der Waals surface area contributed by atoms with Crippen molar-refractivity contribution in [2.45, 2.75) is 19.8 Å². The topological polar surface area (TPSA) is 15.3 Å². The summed E-state index contributed by atoms with van der Waals surface area (Å²) in [6.45, 7) is 10.6. The van der Waals surface area contributed by atoms with E-state index in [4.69, 9.17) is 0 Å². The fourth-order valence-corrected chi connectivity index (χ4v) is 2.03. The summed E-state index contributed by atoms with van der Waals surface area (Å²) in [5, 5.41) is 3.44. The van der Waals surface area contributed by atoms with Crippen LogP contribution in [0.5, 0.6) is 0 Å². The van der Waals surface area contributed by atoms with Crippen LogP contribution in [0.15, 0.2) is 11.1 Å². The van der Waals surface area contributed by atoms with Gasteiger partial charge in [-0.3, -0.25) is 0 Å². The third kappa shape index (κ3) is 4.11. The highest BCUT2D eigenvalue weighted by Crippen LogP contribution is 2.29. The molecule has 1 aliphatic heterocycles. The van der Waals surface area contributed by atoms with Gasteiger partial charge in [0, 0.05) is 17.6 Å². The molecule has 2 nitrogen and oxygen atoms in total. The number of piperidine rings is 1. The van der Waals surface area contributed by atoms with Gasteiger partial charge in [0.1, 0.15) is 0 Å². The van der Waals surface area contributed by atoms with E-state index in [9.17, 15) is 0 Å². The first kappa shape index (κ1) is 12.2. The second kappa shape index (κ2) is 5.29. The van der Waals surface area contributed by atoms with Gasteiger partial charge in [0.25, 0.3) is 0 Å². The fourth-order valence-electron chi connectivity index (χ4n) is 1.84. The molecule has 0 spiro atoms. The first-order valence-corrected chi connectivity index (χ1v) is 6.04. The summed E-state index contributed by atoms with van der Waals surface area (Å²) in [6.07, 6.45) is 2.59. The zero-order valence-electron chi connectivity index (χ0n) is 9.27. The van der Waals surface area contributed by atoms with Gasteiger partial charge in [-0.25, -0.2) is 0 Å². The average Bonchev–Trinajstić information content (AvgIpc) is 2.10. The molecule has 0 unspecified atom stereocenters. The van der Waals surface area contributed by atoms with Crippen LogP contribution in [0.2, 0.25) is 0 Å². The van der Waals surface area contributed by atoms with Crippen molar-refractivity contribution in [1.82, 2.24) is 10.2 Å². The molecule has 1 N–H and O–H groups in total. The van der Waals surface area contributed by atoms with Crippen molar-refractivity contribution in [3.8, 4) is 0 Å². The largest absolute Gasteiger partial charge is 0.312 e. The molecule has 0 aromatic heterocycles. The van der Waals surface area contributed by atoms with Crippen molar-refractivity contribution >= 4 is 15.9 Å². The molecule has 1 aliphatic rings. The number of nitrogens with one attached hydrogen (secondary N) is 1. The van der Waals surface area contributed by atoms with Crippen molar-refractivity contribution in [3.63, 3.8) is 0 Å². The Labute approximate surface area is 95.9 Å². The van der Waals surface area contributed by atoms with Gasteiger partial charge < -0.3 is 10.2 Å². The van der Waals surface area contributed by atoms with Crippen molar-refractivity contribution in [2.75, 3.05) is 33.2 Å². The number of likely N-dealkylation sites (tertiary alicyclic amines) is 1. The number of rotatable bonds is 4. The van der Waals surface area contributed by atoms with E-state index in [1.54, 1.807) is 0 Å². The van der Waals surface area contributed by atoms with Crippen molar-refractivity contribution in [2.24, 2.45) is 5.41 Å². The summed E-state index contributed by atoms with van der Waals surface area (Å²) in [4.78, 5) is 2.41. The minimum absolute atomic E-state index is 0.481. The van der Waals surface area contributed by atoms with E-state index in [1.807, 2.05) is 0 Å². The van der Waals surface area contributed by atoms with Gasteiger partial charge in [-0.15, -0.1) is 0 Å². The van der Waals surface area contributed by atoms with Crippen LogP contribution < -0.4 is 5.32 Å². The van der Waals surface area contributed by atoms with E-state index in [1.165, 1.54) is 25.9 Å². The van der Waals surface area contributed by atoms with Gasteiger partial charge in [-0.05, 0) is 38.4 Å². The molecule has 0 bridgehead atoms. The number of halogens is 1. The molecule has 1 fully saturated rings. The van der Waals surface area contributed by atoms with Crippen LogP contribution in [0.1, 0.15) is 19.8 Å². The quantitative estimate of drug-likeness (QED) is 0.834. The Hall–Kier alpha value is 0.140. The molecular weight excluding hydrogens is 240 g/mol. The van der Waals surface area contributed by atoms with Gasteiger partial charge in [-0.2, -0.15) is 0 Å². The molecule has 1 saturated heterocycles. The SMILES string of the molecule is C=C(Br)CNCC1(C)CCN(C)CC1. The summed E-state index contributed by atoms with van der Waals surface area (Å²) in [5.41, 5.74) is 0.481. The Morgan fingerprint density at radius 1 is 1.50 bits per heavy atom. The van der Waals surface area contributed by atoms with E-state index in [0.717, 1.165) is 17.6 Å². The van der Waals surface area contributed by atoms with Gasteiger partial charge in [0.2, 0.25) is 0 Å². The number of hydrogen-bond donors (Lipinski definition) is 1. The fraction of sp³-hybridized carbons (Fsp3) is 0.818. The lowest BCUT2D eigenvalue weighted by atomic mass is 9.80. The standard InChI is InChI=1S/C11H21BrN2/c1-10(12)8-13-9-11(2)4-6-14(3)7-5-11/h13H,1,4-9H2,2-3H3. The normalized spacial score (nSPS) is 22.2. The van der Waals surface area contributed by atoms with E-state index >= 15 is 0 Å². The monoisotopic (exact) mass is 260 g/mol. The predicted octanol–water partition coefficient (Wildman–Crippen LogP) is 2.22. The Morgan fingerprint density at radius 2 is 2.07 bits per heavy atom. The minimum Gasteiger partial charge on any atom is -0.312 e. The Kier molecular flexibility index (Phi) is 4.61. The van der Waals surface area contributed by atoms with Crippen LogP contribution in [-0.2, 0) is 0 Å². The summed E-state index contributed by atoms with van der Waals surface area (Å²) in [6, 6.07) is 0. The molecule has 3 heteroatoms. The lowest BCUT2D eigenvalue weighted by Crippen LogP contribution is -2.42. The van der Waals surface area contributed by atoms with Crippen molar-refractivity contribution in [1.29, 1.82) is 0 Å². The van der Waals surface area contributed by atoms with E-state index < -0.39 is 0 Å². The number of nitrogens with zero attached hydrogens (tertiary/aromatic N) is 1. The summed E-state index contributed by atoms with van der Waals surface area (Å²) in [7, 11) is 2.20. The lowest BCUT2D eigenvalue weighted by molar-refractivity contribution is 0.138.